The van der Waals surface area contributed by atoms with Gasteiger partial charge in [0.25, 0.3) is 0 Å². The maximum Gasteiger partial charge on any atom is 0.335 e. The van der Waals surface area contributed by atoms with Gasteiger partial charge in [0, 0.05) is 5.57 Å². The van der Waals surface area contributed by atoms with Crippen molar-refractivity contribution >= 4 is 5.97 Å². The number of hydrogen-bond acceptors (Lipinski definition) is 5. The summed E-state index contributed by atoms with van der Waals surface area (Å²) in [7, 11) is 0. The first-order chi connectivity index (χ1) is 5.49. The van der Waals surface area contributed by atoms with Crippen LogP contribution < -0.4 is 0 Å². The zero-order valence-electron chi connectivity index (χ0n) is 6.73. The van der Waals surface area contributed by atoms with Crippen molar-refractivity contribution in [1.29, 1.82) is 0 Å². The van der Waals surface area contributed by atoms with Crippen molar-refractivity contribution in [3.63, 3.8) is 0 Å². The van der Waals surface area contributed by atoms with E-state index in [1.807, 2.05) is 0 Å². The Labute approximate surface area is 69.9 Å². The zero-order valence-corrected chi connectivity index (χ0v) is 6.73. The summed E-state index contributed by atoms with van der Waals surface area (Å²) in [6.45, 7) is 3.99. The average Bonchev–Trinajstić information content (AvgIpc) is 2.02. The molecule has 0 amide bonds. The molecule has 0 fully saturated rings. The lowest BCUT2D eigenvalue weighted by molar-refractivity contribution is -0.186. The van der Waals surface area contributed by atoms with Crippen molar-refractivity contribution in [1.82, 2.24) is 0 Å². The van der Waals surface area contributed by atoms with Gasteiger partial charge < -0.3 is 20.1 Å². The van der Waals surface area contributed by atoms with Crippen molar-refractivity contribution in [2.24, 2.45) is 0 Å². The van der Waals surface area contributed by atoms with Crippen LogP contribution in [0.25, 0.3) is 0 Å². The van der Waals surface area contributed by atoms with Gasteiger partial charge >= 0.3 is 5.97 Å². The molecule has 0 saturated heterocycles. The highest BCUT2D eigenvalue weighted by atomic mass is 16.6. The quantitative estimate of drug-likeness (QED) is 0.284. The van der Waals surface area contributed by atoms with Crippen molar-refractivity contribution in [3.8, 4) is 0 Å². The Morgan fingerprint density at radius 3 is 2.42 bits per heavy atom. The highest BCUT2D eigenvalue weighted by Gasteiger charge is 2.19. The molecule has 0 radical (unpaired) electrons. The molecule has 0 heterocycles. The number of hydrogen-bond donors (Lipinski definition) is 3. The molecule has 0 unspecified atom stereocenters. The van der Waals surface area contributed by atoms with Gasteiger partial charge in [-0.05, 0) is 6.92 Å². The Kier molecular flexibility index (Phi) is 4.50. The van der Waals surface area contributed by atoms with Crippen LogP contribution in [-0.4, -0.2) is 40.3 Å². The summed E-state index contributed by atoms with van der Waals surface area (Å²) in [5, 5.41) is 25.9. The fraction of sp³-hybridized carbons (Fsp3) is 0.571. The van der Waals surface area contributed by atoms with Crippen LogP contribution in [0.4, 0.5) is 0 Å². The summed E-state index contributed by atoms with van der Waals surface area (Å²) in [6, 6.07) is 0. The van der Waals surface area contributed by atoms with Gasteiger partial charge in [-0.1, -0.05) is 6.58 Å². The Bertz CT molecular complexity index is 177. The molecule has 5 heteroatoms. The van der Waals surface area contributed by atoms with E-state index < -0.39 is 25.0 Å². The third-order valence-electron chi connectivity index (χ3n) is 1.09. The highest BCUT2D eigenvalue weighted by Crippen LogP contribution is 1.99. The molecule has 0 saturated carbocycles. The molecule has 0 rings (SSSR count). The number of aliphatic hydroxyl groups is 3. The minimum atomic E-state index is -1.71. The third-order valence-corrected chi connectivity index (χ3v) is 1.09. The second-order valence-corrected chi connectivity index (χ2v) is 2.33. The van der Waals surface area contributed by atoms with Gasteiger partial charge in [-0.25, -0.2) is 4.79 Å². The average molecular weight is 176 g/mol. The lowest BCUT2D eigenvalue weighted by atomic mass is 10.3. The summed E-state index contributed by atoms with van der Waals surface area (Å²) in [6.07, 6.45) is -3.19. The van der Waals surface area contributed by atoms with Gasteiger partial charge in [-0.2, -0.15) is 0 Å². The monoisotopic (exact) mass is 176 g/mol. The van der Waals surface area contributed by atoms with Gasteiger partial charge in [0.2, 0.25) is 6.29 Å². The standard InChI is InChI=1S/C7H12O5/c1-4(2)6(10)12-7(11)5(9)3-8/h5,7-9,11H,1,3H2,2H3/t5-,7-/m0/s1. The molecule has 0 aliphatic heterocycles. The number of aliphatic hydroxyl groups excluding tert-OH is 3. The third kappa shape index (κ3) is 3.47. The molecule has 0 aliphatic carbocycles. The zero-order chi connectivity index (χ0) is 9.72. The number of esters is 1. The van der Waals surface area contributed by atoms with E-state index in [0.29, 0.717) is 0 Å². The lowest BCUT2D eigenvalue weighted by Gasteiger charge is -2.15. The summed E-state index contributed by atoms with van der Waals surface area (Å²) in [4.78, 5) is 10.7. The summed E-state index contributed by atoms with van der Waals surface area (Å²) in [5.74, 6) is -0.810. The molecule has 0 aromatic heterocycles. The maximum absolute atomic E-state index is 10.7. The van der Waals surface area contributed by atoms with Gasteiger partial charge in [-0.3, -0.25) is 0 Å². The highest BCUT2D eigenvalue weighted by molar-refractivity contribution is 5.87. The van der Waals surface area contributed by atoms with E-state index in [9.17, 15) is 4.79 Å². The van der Waals surface area contributed by atoms with Gasteiger partial charge in [0.15, 0.2) is 0 Å². The molecule has 3 N–H and O–H groups in total. The number of rotatable bonds is 4. The molecule has 0 spiro atoms. The fourth-order valence-corrected chi connectivity index (χ4v) is 0.379. The molecule has 2 atom stereocenters. The largest absolute Gasteiger partial charge is 0.430 e. The van der Waals surface area contributed by atoms with E-state index in [1.165, 1.54) is 6.92 Å². The van der Waals surface area contributed by atoms with E-state index >= 15 is 0 Å². The molecule has 12 heavy (non-hydrogen) atoms. The summed E-state index contributed by atoms with van der Waals surface area (Å²) < 4.78 is 4.27. The van der Waals surface area contributed by atoms with Gasteiger partial charge in [-0.15, -0.1) is 0 Å². The van der Waals surface area contributed by atoms with Gasteiger partial charge in [0.05, 0.1) is 6.61 Å². The van der Waals surface area contributed by atoms with E-state index in [2.05, 4.69) is 11.3 Å². The Hall–Kier alpha value is -0.910. The molecule has 0 aromatic rings. The number of carbonyl (C=O) groups is 1. The number of carbonyl (C=O) groups excluding carboxylic acids is 1. The molecular weight excluding hydrogens is 164 g/mol. The van der Waals surface area contributed by atoms with Crippen LogP contribution >= 0.6 is 0 Å². The van der Waals surface area contributed by atoms with Crippen LogP contribution in [0.15, 0.2) is 12.2 Å². The van der Waals surface area contributed by atoms with Crippen LogP contribution in [0, 0.1) is 0 Å². The molecule has 0 aliphatic rings. The SMILES string of the molecule is C=C(C)C(=O)O[C@H](O)[C@@H](O)CO. The Balaban J connectivity index is 3.92. The van der Waals surface area contributed by atoms with Crippen LogP contribution in [0.5, 0.6) is 0 Å². The summed E-state index contributed by atoms with van der Waals surface area (Å²) >= 11 is 0. The minimum absolute atomic E-state index is 0.110. The van der Waals surface area contributed by atoms with Crippen molar-refractivity contribution < 1.29 is 24.9 Å². The van der Waals surface area contributed by atoms with E-state index in [-0.39, 0.29) is 5.57 Å². The first kappa shape index (κ1) is 11.1. The fourth-order valence-electron chi connectivity index (χ4n) is 0.379. The van der Waals surface area contributed by atoms with Crippen LogP contribution in [0.1, 0.15) is 6.92 Å². The van der Waals surface area contributed by atoms with Gasteiger partial charge in [0.1, 0.15) is 6.10 Å². The Morgan fingerprint density at radius 1 is 1.58 bits per heavy atom. The maximum atomic E-state index is 10.7. The first-order valence-electron chi connectivity index (χ1n) is 3.32. The molecular formula is C7H12O5. The lowest BCUT2D eigenvalue weighted by Crippen LogP contribution is -2.33. The van der Waals surface area contributed by atoms with E-state index in [1.54, 1.807) is 0 Å². The van der Waals surface area contributed by atoms with Crippen LogP contribution in [0.3, 0.4) is 0 Å². The topological polar surface area (TPSA) is 87.0 Å². The summed E-state index contributed by atoms with van der Waals surface area (Å²) in [5.41, 5.74) is 0.110. The molecule has 0 aromatic carbocycles. The van der Waals surface area contributed by atoms with Crippen LogP contribution in [0.2, 0.25) is 0 Å². The van der Waals surface area contributed by atoms with Crippen molar-refractivity contribution in [2.45, 2.75) is 19.3 Å². The molecule has 5 nitrogen and oxygen atoms in total. The predicted octanol–water partition coefficient (Wildman–Crippen LogP) is -1.22. The van der Waals surface area contributed by atoms with Crippen LogP contribution in [-0.2, 0) is 9.53 Å². The van der Waals surface area contributed by atoms with E-state index in [4.69, 9.17) is 15.3 Å². The van der Waals surface area contributed by atoms with E-state index in [0.717, 1.165) is 0 Å². The normalized spacial score (nSPS) is 15.0. The Morgan fingerprint density at radius 2 is 2.08 bits per heavy atom. The molecule has 0 bridgehead atoms. The van der Waals surface area contributed by atoms with Crippen molar-refractivity contribution in [2.75, 3.05) is 6.61 Å². The second kappa shape index (κ2) is 4.87. The van der Waals surface area contributed by atoms with Crippen molar-refractivity contribution in [3.05, 3.63) is 12.2 Å². The predicted molar refractivity (Wildman–Crippen MR) is 40.0 cm³/mol. The second-order valence-electron chi connectivity index (χ2n) is 2.33. The smallest absolute Gasteiger partial charge is 0.335 e. The number of ether oxygens (including phenoxy) is 1. The molecule has 70 valence electrons. The first-order valence-corrected chi connectivity index (χ1v) is 3.32. The minimum Gasteiger partial charge on any atom is -0.430 e.